The van der Waals surface area contributed by atoms with Crippen LogP contribution < -0.4 is 5.32 Å². The molecular formula is C11H16N6O. The van der Waals surface area contributed by atoms with Crippen LogP contribution in [0.4, 0.5) is 5.69 Å². The summed E-state index contributed by atoms with van der Waals surface area (Å²) in [6.45, 7) is 2.61. The Morgan fingerprint density at radius 1 is 1.44 bits per heavy atom. The summed E-state index contributed by atoms with van der Waals surface area (Å²) in [6, 6.07) is 0. The van der Waals surface area contributed by atoms with Crippen LogP contribution in [0.3, 0.4) is 0 Å². The molecule has 0 bridgehead atoms. The summed E-state index contributed by atoms with van der Waals surface area (Å²) < 4.78 is 3.44. The number of nitrogens with one attached hydrogen (secondary N) is 1. The fourth-order valence-corrected chi connectivity index (χ4v) is 1.58. The van der Waals surface area contributed by atoms with Crippen molar-refractivity contribution in [3.8, 4) is 0 Å². The predicted octanol–water partition coefficient (Wildman–Crippen LogP) is 0.739. The summed E-state index contributed by atoms with van der Waals surface area (Å²) >= 11 is 0. The van der Waals surface area contributed by atoms with Gasteiger partial charge in [-0.05, 0) is 13.3 Å². The molecule has 2 aromatic heterocycles. The Hall–Kier alpha value is -2.18. The number of rotatable bonds is 5. The van der Waals surface area contributed by atoms with Crippen molar-refractivity contribution in [2.75, 3.05) is 5.32 Å². The third-order valence-electron chi connectivity index (χ3n) is 2.77. The zero-order valence-corrected chi connectivity index (χ0v) is 10.5. The zero-order valence-electron chi connectivity index (χ0n) is 10.5. The number of carbonyl (C=O) groups excluding carboxylic acids is 1. The van der Waals surface area contributed by atoms with Gasteiger partial charge in [0.05, 0.1) is 17.6 Å². The molecule has 0 fully saturated rings. The largest absolute Gasteiger partial charge is 0.323 e. The van der Waals surface area contributed by atoms with Crippen LogP contribution in [-0.2, 0) is 18.4 Å². The van der Waals surface area contributed by atoms with E-state index in [1.165, 1.54) is 6.33 Å². The Morgan fingerprint density at radius 2 is 2.28 bits per heavy atom. The quantitative estimate of drug-likeness (QED) is 0.846. The topological polar surface area (TPSA) is 77.6 Å². The highest BCUT2D eigenvalue weighted by molar-refractivity contribution is 5.91. The molecule has 0 radical (unpaired) electrons. The zero-order chi connectivity index (χ0) is 13.0. The molecule has 7 heteroatoms. The van der Waals surface area contributed by atoms with Crippen molar-refractivity contribution in [1.82, 2.24) is 24.5 Å². The minimum Gasteiger partial charge on any atom is -0.323 e. The van der Waals surface area contributed by atoms with Gasteiger partial charge in [0.15, 0.2) is 0 Å². The van der Waals surface area contributed by atoms with E-state index in [2.05, 4.69) is 20.5 Å². The molecular weight excluding hydrogens is 232 g/mol. The van der Waals surface area contributed by atoms with Gasteiger partial charge in [-0.3, -0.25) is 14.2 Å². The molecule has 0 aromatic carbocycles. The van der Waals surface area contributed by atoms with Gasteiger partial charge in [0.1, 0.15) is 12.7 Å². The molecule has 0 saturated heterocycles. The lowest BCUT2D eigenvalue weighted by Crippen LogP contribution is -2.13. The van der Waals surface area contributed by atoms with Crippen LogP contribution in [0.15, 0.2) is 18.9 Å². The molecule has 1 N–H and O–H groups in total. The Morgan fingerprint density at radius 3 is 2.89 bits per heavy atom. The summed E-state index contributed by atoms with van der Waals surface area (Å²) in [5, 5.41) is 10.9. The number of hydrogen-bond donors (Lipinski definition) is 1. The van der Waals surface area contributed by atoms with Gasteiger partial charge in [0.2, 0.25) is 5.91 Å². The van der Waals surface area contributed by atoms with E-state index in [1.54, 1.807) is 21.9 Å². The van der Waals surface area contributed by atoms with E-state index in [-0.39, 0.29) is 5.91 Å². The third-order valence-corrected chi connectivity index (χ3v) is 2.77. The molecule has 0 aliphatic rings. The van der Waals surface area contributed by atoms with E-state index < -0.39 is 0 Å². The van der Waals surface area contributed by atoms with Crippen molar-refractivity contribution < 1.29 is 4.79 Å². The molecule has 7 nitrogen and oxygen atoms in total. The summed E-state index contributed by atoms with van der Waals surface area (Å²) in [4.78, 5) is 15.6. The second kappa shape index (κ2) is 5.44. The van der Waals surface area contributed by atoms with Gasteiger partial charge in [-0.15, -0.1) is 0 Å². The molecule has 0 aliphatic carbocycles. The standard InChI is InChI=1S/C11H16N6O/c1-9-10(6-13-16(9)2)15-11(18)4-3-5-17-8-12-7-14-17/h6-8H,3-5H2,1-2H3,(H,15,18). The number of aryl methyl sites for hydroxylation is 2. The van der Waals surface area contributed by atoms with Crippen LogP contribution in [0.25, 0.3) is 0 Å². The number of anilines is 1. The van der Waals surface area contributed by atoms with E-state index in [1.807, 2.05) is 14.0 Å². The summed E-state index contributed by atoms with van der Waals surface area (Å²) in [6.07, 6.45) is 5.97. The SMILES string of the molecule is Cc1c(NC(=O)CCCn2cncn2)cnn1C. The predicted molar refractivity (Wildman–Crippen MR) is 65.8 cm³/mol. The highest BCUT2D eigenvalue weighted by atomic mass is 16.1. The summed E-state index contributed by atoms with van der Waals surface area (Å²) in [5.41, 5.74) is 1.71. The first-order chi connectivity index (χ1) is 8.66. The van der Waals surface area contributed by atoms with Gasteiger partial charge in [-0.25, -0.2) is 4.98 Å². The van der Waals surface area contributed by atoms with Crippen molar-refractivity contribution >= 4 is 11.6 Å². The van der Waals surface area contributed by atoms with Crippen LogP contribution in [0, 0.1) is 6.92 Å². The van der Waals surface area contributed by atoms with E-state index in [0.717, 1.165) is 17.8 Å². The first kappa shape index (κ1) is 12.3. The molecule has 0 unspecified atom stereocenters. The van der Waals surface area contributed by atoms with E-state index in [4.69, 9.17) is 0 Å². The lowest BCUT2D eigenvalue weighted by molar-refractivity contribution is -0.116. The Labute approximate surface area is 105 Å². The van der Waals surface area contributed by atoms with Gasteiger partial charge in [-0.1, -0.05) is 0 Å². The first-order valence-corrected chi connectivity index (χ1v) is 5.77. The minimum absolute atomic E-state index is 0.00813. The van der Waals surface area contributed by atoms with E-state index >= 15 is 0 Å². The summed E-state index contributed by atoms with van der Waals surface area (Å²) in [7, 11) is 1.84. The van der Waals surface area contributed by atoms with E-state index in [9.17, 15) is 4.79 Å². The van der Waals surface area contributed by atoms with Crippen molar-refractivity contribution in [2.45, 2.75) is 26.3 Å². The molecule has 0 spiro atoms. The first-order valence-electron chi connectivity index (χ1n) is 5.77. The molecule has 1 amide bonds. The maximum absolute atomic E-state index is 11.7. The highest BCUT2D eigenvalue weighted by Crippen LogP contribution is 2.12. The van der Waals surface area contributed by atoms with Gasteiger partial charge >= 0.3 is 0 Å². The van der Waals surface area contributed by atoms with Crippen LogP contribution in [-0.4, -0.2) is 30.5 Å². The Bertz CT molecular complexity index is 516. The number of aromatic nitrogens is 5. The second-order valence-electron chi connectivity index (χ2n) is 4.08. The number of hydrogen-bond acceptors (Lipinski definition) is 4. The average molecular weight is 248 g/mol. The Kier molecular flexibility index (Phi) is 3.71. The van der Waals surface area contributed by atoms with Crippen molar-refractivity contribution in [2.24, 2.45) is 7.05 Å². The minimum atomic E-state index is -0.00813. The number of nitrogens with zero attached hydrogens (tertiary/aromatic N) is 5. The lowest BCUT2D eigenvalue weighted by Gasteiger charge is -2.04. The smallest absolute Gasteiger partial charge is 0.224 e. The molecule has 96 valence electrons. The van der Waals surface area contributed by atoms with Crippen molar-refractivity contribution in [3.63, 3.8) is 0 Å². The maximum atomic E-state index is 11.7. The van der Waals surface area contributed by atoms with Gasteiger partial charge in [-0.2, -0.15) is 10.2 Å². The maximum Gasteiger partial charge on any atom is 0.224 e. The molecule has 0 aliphatic heterocycles. The number of carbonyl (C=O) groups is 1. The van der Waals surface area contributed by atoms with Crippen LogP contribution in [0.1, 0.15) is 18.5 Å². The number of amides is 1. The fourth-order valence-electron chi connectivity index (χ4n) is 1.58. The van der Waals surface area contributed by atoms with E-state index in [0.29, 0.717) is 13.0 Å². The second-order valence-corrected chi connectivity index (χ2v) is 4.08. The van der Waals surface area contributed by atoms with Gasteiger partial charge < -0.3 is 5.32 Å². The van der Waals surface area contributed by atoms with Crippen molar-refractivity contribution in [3.05, 3.63) is 24.5 Å². The monoisotopic (exact) mass is 248 g/mol. The average Bonchev–Trinajstić information content (AvgIpc) is 2.95. The van der Waals surface area contributed by atoms with Crippen molar-refractivity contribution in [1.29, 1.82) is 0 Å². The molecule has 2 heterocycles. The van der Waals surface area contributed by atoms with Gasteiger partial charge in [0, 0.05) is 20.0 Å². The molecule has 0 atom stereocenters. The lowest BCUT2D eigenvalue weighted by atomic mass is 10.3. The molecule has 18 heavy (non-hydrogen) atoms. The fraction of sp³-hybridized carbons (Fsp3) is 0.455. The van der Waals surface area contributed by atoms with Crippen LogP contribution in [0.5, 0.6) is 0 Å². The molecule has 0 saturated carbocycles. The van der Waals surface area contributed by atoms with Gasteiger partial charge in [0.25, 0.3) is 0 Å². The highest BCUT2D eigenvalue weighted by Gasteiger charge is 2.07. The third kappa shape index (κ3) is 2.93. The molecule has 2 rings (SSSR count). The van der Waals surface area contributed by atoms with Crippen LogP contribution >= 0.6 is 0 Å². The normalized spacial score (nSPS) is 10.6. The van der Waals surface area contributed by atoms with Crippen LogP contribution in [0.2, 0.25) is 0 Å². The Balaban J connectivity index is 1.77. The summed E-state index contributed by atoms with van der Waals surface area (Å²) in [5.74, 6) is -0.00813. The molecule has 2 aromatic rings.